The minimum atomic E-state index is 0.331. The topological polar surface area (TPSA) is 18.5 Å². The average molecular weight is 261 g/mol. The summed E-state index contributed by atoms with van der Waals surface area (Å²) in [5, 5.41) is 3.34. The highest BCUT2D eigenvalue weighted by Crippen LogP contribution is 2.34. The molecular weight excluding hydrogens is 234 g/mol. The second kappa shape index (κ2) is 5.83. The van der Waals surface area contributed by atoms with Crippen LogP contribution in [0.15, 0.2) is 24.3 Å². The first-order valence-electron chi connectivity index (χ1n) is 7.29. The Morgan fingerprint density at radius 2 is 1.89 bits per heavy atom. The van der Waals surface area contributed by atoms with E-state index in [0.29, 0.717) is 5.41 Å². The van der Waals surface area contributed by atoms with E-state index in [9.17, 15) is 0 Å². The number of anilines is 2. The predicted molar refractivity (Wildman–Crippen MR) is 84.2 cm³/mol. The van der Waals surface area contributed by atoms with Gasteiger partial charge < -0.3 is 15.1 Å². The van der Waals surface area contributed by atoms with Gasteiger partial charge in [-0.2, -0.15) is 0 Å². The molecule has 0 saturated heterocycles. The molecule has 3 nitrogen and oxygen atoms in total. The Labute approximate surface area is 117 Å². The van der Waals surface area contributed by atoms with E-state index in [-0.39, 0.29) is 0 Å². The molecule has 0 radical (unpaired) electrons. The van der Waals surface area contributed by atoms with Gasteiger partial charge in [0.25, 0.3) is 0 Å². The van der Waals surface area contributed by atoms with Gasteiger partial charge in [0.2, 0.25) is 0 Å². The molecule has 1 unspecified atom stereocenters. The van der Waals surface area contributed by atoms with Crippen molar-refractivity contribution in [2.45, 2.75) is 20.3 Å². The van der Waals surface area contributed by atoms with Gasteiger partial charge in [0.1, 0.15) is 0 Å². The predicted octanol–water partition coefficient (Wildman–Crippen LogP) is 2.58. The SMILES string of the molecule is CCC(C)(CNC)CN1CCN(C)c2ccccc21. The maximum absolute atomic E-state index is 3.34. The molecule has 0 spiro atoms. The van der Waals surface area contributed by atoms with Crippen LogP contribution < -0.4 is 15.1 Å². The summed E-state index contributed by atoms with van der Waals surface area (Å²) in [6, 6.07) is 8.75. The van der Waals surface area contributed by atoms with E-state index in [2.05, 4.69) is 60.3 Å². The Bertz CT molecular complexity index is 418. The van der Waals surface area contributed by atoms with Crippen LogP contribution in [-0.2, 0) is 0 Å². The molecule has 106 valence electrons. The van der Waals surface area contributed by atoms with Gasteiger partial charge in [-0.1, -0.05) is 26.0 Å². The molecule has 0 saturated carbocycles. The quantitative estimate of drug-likeness (QED) is 0.879. The number of para-hydroxylation sites is 2. The van der Waals surface area contributed by atoms with Gasteiger partial charge in [-0.15, -0.1) is 0 Å². The van der Waals surface area contributed by atoms with Crippen molar-refractivity contribution < 1.29 is 0 Å². The van der Waals surface area contributed by atoms with Crippen LogP contribution in [0.2, 0.25) is 0 Å². The fraction of sp³-hybridized carbons (Fsp3) is 0.625. The number of nitrogens with one attached hydrogen (secondary N) is 1. The normalized spacial score (nSPS) is 18.1. The molecule has 2 rings (SSSR count). The van der Waals surface area contributed by atoms with Crippen molar-refractivity contribution >= 4 is 11.4 Å². The lowest BCUT2D eigenvalue weighted by Crippen LogP contribution is -2.46. The van der Waals surface area contributed by atoms with Crippen molar-refractivity contribution in [1.29, 1.82) is 0 Å². The molecule has 1 heterocycles. The standard InChI is InChI=1S/C16H27N3/c1-5-16(2,12-17-3)13-19-11-10-18(4)14-8-6-7-9-15(14)19/h6-9,17H,5,10-13H2,1-4H3. The highest BCUT2D eigenvalue weighted by molar-refractivity contribution is 5.73. The molecule has 3 heteroatoms. The Morgan fingerprint density at radius 3 is 2.53 bits per heavy atom. The Kier molecular flexibility index (Phi) is 4.35. The minimum Gasteiger partial charge on any atom is -0.371 e. The number of hydrogen-bond donors (Lipinski definition) is 1. The molecule has 1 aromatic carbocycles. The van der Waals surface area contributed by atoms with Gasteiger partial charge in [-0.3, -0.25) is 0 Å². The highest BCUT2D eigenvalue weighted by atomic mass is 15.3. The number of rotatable bonds is 5. The largest absolute Gasteiger partial charge is 0.371 e. The van der Waals surface area contributed by atoms with E-state index in [0.717, 1.165) is 26.2 Å². The zero-order valence-corrected chi connectivity index (χ0v) is 12.7. The third-order valence-electron chi connectivity index (χ3n) is 4.37. The second-order valence-corrected chi connectivity index (χ2v) is 6.03. The molecule has 1 aliphatic heterocycles. The van der Waals surface area contributed by atoms with Gasteiger partial charge in [0.15, 0.2) is 0 Å². The van der Waals surface area contributed by atoms with E-state index >= 15 is 0 Å². The molecule has 1 aromatic rings. The molecule has 1 aliphatic rings. The van der Waals surface area contributed by atoms with Crippen LogP contribution in [0.25, 0.3) is 0 Å². The van der Waals surface area contributed by atoms with Gasteiger partial charge >= 0.3 is 0 Å². The summed E-state index contributed by atoms with van der Waals surface area (Å²) in [6.45, 7) is 9.08. The van der Waals surface area contributed by atoms with Crippen molar-refractivity contribution in [1.82, 2.24) is 5.32 Å². The van der Waals surface area contributed by atoms with Crippen LogP contribution in [0.4, 0.5) is 11.4 Å². The van der Waals surface area contributed by atoms with Crippen molar-refractivity contribution in [3.05, 3.63) is 24.3 Å². The highest BCUT2D eigenvalue weighted by Gasteiger charge is 2.28. The monoisotopic (exact) mass is 261 g/mol. The van der Waals surface area contributed by atoms with E-state index in [1.54, 1.807) is 0 Å². The zero-order chi connectivity index (χ0) is 13.9. The van der Waals surface area contributed by atoms with Gasteiger partial charge in [0, 0.05) is 33.2 Å². The summed E-state index contributed by atoms with van der Waals surface area (Å²) < 4.78 is 0. The van der Waals surface area contributed by atoms with Crippen LogP contribution in [0.5, 0.6) is 0 Å². The molecule has 1 N–H and O–H groups in total. The van der Waals surface area contributed by atoms with Crippen molar-refractivity contribution in [2.75, 3.05) is 50.1 Å². The summed E-state index contributed by atoms with van der Waals surface area (Å²) in [5.74, 6) is 0. The molecule has 0 aromatic heterocycles. The molecule has 0 bridgehead atoms. The summed E-state index contributed by atoms with van der Waals surface area (Å²) in [5.41, 5.74) is 3.07. The van der Waals surface area contributed by atoms with Crippen LogP contribution in [0, 0.1) is 5.41 Å². The molecule has 1 atom stereocenters. The van der Waals surface area contributed by atoms with Crippen LogP contribution >= 0.6 is 0 Å². The lowest BCUT2D eigenvalue weighted by Gasteiger charge is -2.42. The lowest BCUT2D eigenvalue weighted by molar-refractivity contribution is 0.303. The van der Waals surface area contributed by atoms with Crippen LogP contribution in [0.3, 0.4) is 0 Å². The third kappa shape index (κ3) is 3.03. The van der Waals surface area contributed by atoms with Gasteiger partial charge in [-0.25, -0.2) is 0 Å². The third-order valence-corrected chi connectivity index (χ3v) is 4.37. The molecule has 0 amide bonds. The first-order valence-corrected chi connectivity index (χ1v) is 7.29. The van der Waals surface area contributed by atoms with E-state index < -0.39 is 0 Å². The Hall–Kier alpha value is -1.22. The fourth-order valence-electron chi connectivity index (χ4n) is 2.91. The Balaban J connectivity index is 2.20. The maximum atomic E-state index is 3.34. The molecule has 0 aliphatic carbocycles. The van der Waals surface area contributed by atoms with E-state index in [4.69, 9.17) is 0 Å². The van der Waals surface area contributed by atoms with Crippen molar-refractivity contribution in [3.8, 4) is 0 Å². The summed E-state index contributed by atoms with van der Waals surface area (Å²) in [4.78, 5) is 4.91. The van der Waals surface area contributed by atoms with Crippen LogP contribution in [0.1, 0.15) is 20.3 Å². The maximum Gasteiger partial charge on any atom is 0.0604 e. The number of fused-ring (bicyclic) bond motifs is 1. The lowest BCUT2D eigenvalue weighted by atomic mass is 9.86. The summed E-state index contributed by atoms with van der Waals surface area (Å²) >= 11 is 0. The minimum absolute atomic E-state index is 0.331. The molecular formula is C16H27N3. The first-order chi connectivity index (χ1) is 9.09. The molecule has 19 heavy (non-hydrogen) atoms. The zero-order valence-electron chi connectivity index (χ0n) is 12.7. The number of hydrogen-bond acceptors (Lipinski definition) is 3. The molecule has 0 fully saturated rings. The smallest absolute Gasteiger partial charge is 0.0604 e. The summed E-state index contributed by atoms with van der Waals surface area (Å²) in [7, 11) is 4.23. The van der Waals surface area contributed by atoms with Gasteiger partial charge in [-0.05, 0) is 31.0 Å². The fourth-order valence-corrected chi connectivity index (χ4v) is 2.91. The number of likely N-dealkylation sites (N-methyl/N-ethyl adjacent to an activating group) is 1. The number of benzene rings is 1. The first kappa shape index (κ1) is 14.2. The van der Waals surface area contributed by atoms with Crippen molar-refractivity contribution in [2.24, 2.45) is 5.41 Å². The average Bonchev–Trinajstić information content (AvgIpc) is 2.43. The van der Waals surface area contributed by atoms with E-state index in [1.165, 1.54) is 17.8 Å². The number of nitrogens with zero attached hydrogens (tertiary/aromatic N) is 2. The summed E-state index contributed by atoms with van der Waals surface area (Å²) in [6.07, 6.45) is 1.20. The van der Waals surface area contributed by atoms with Gasteiger partial charge in [0.05, 0.1) is 11.4 Å². The van der Waals surface area contributed by atoms with E-state index in [1.807, 2.05) is 7.05 Å². The van der Waals surface area contributed by atoms with Crippen molar-refractivity contribution in [3.63, 3.8) is 0 Å². The second-order valence-electron chi connectivity index (χ2n) is 6.03. The Morgan fingerprint density at radius 1 is 1.21 bits per heavy atom. The van der Waals surface area contributed by atoms with Crippen LogP contribution in [-0.4, -0.2) is 40.3 Å².